The lowest BCUT2D eigenvalue weighted by Crippen LogP contribution is -2.42. The molecule has 6 rings (SSSR count). The molecule has 0 spiro atoms. The van der Waals surface area contributed by atoms with E-state index >= 15 is 0 Å². The standard InChI is InChI=1S/C33H38FN7O2/c1-33(34)13-9-22(10-14-33)27-20-28(27)36-15-2-4-25-21-41(26-7-5-24(6-8-26)30-37-16-3-17-38-30)32(43)31(39-25)40-18-11-23(12-19-40)29(35)42/h3,5-10,13,16-17,21,23,27-28,36H,2,4,11-12,14-15,18-20H2,1H3,(H2,35,42)/t27-,28+,33?/m0/s1. The number of piperidine rings is 1. The van der Waals surface area contributed by atoms with Gasteiger partial charge in [-0.1, -0.05) is 12.2 Å². The lowest BCUT2D eigenvalue weighted by atomic mass is 9.93. The van der Waals surface area contributed by atoms with Crippen LogP contribution in [0.25, 0.3) is 17.1 Å². The summed E-state index contributed by atoms with van der Waals surface area (Å²) in [5.41, 5.74) is 7.77. The number of aryl methyl sites for hydroxylation is 1. The van der Waals surface area contributed by atoms with Gasteiger partial charge in [0.1, 0.15) is 5.67 Å². The van der Waals surface area contributed by atoms with E-state index < -0.39 is 5.67 Å². The van der Waals surface area contributed by atoms with Crippen LogP contribution in [-0.2, 0) is 11.2 Å². The molecule has 1 aliphatic heterocycles. The van der Waals surface area contributed by atoms with E-state index in [2.05, 4.69) is 15.3 Å². The molecule has 1 amide bonds. The van der Waals surface area contributed by atoms with Gasteiger partial charge in [0.2, 0.25) is 5.91 Å². The van der Waals surface area contributed by atoms with Crippen molar-refractivity contribution in [3.05, 3.63) is 88.8 Å². The number of alkyl halides is 1. The van der Waals surface area contributed by atoms with Crippen LogP contribution in [0.3, 0.4) is 0 Å². The second-order valence-electron chi connectivity index (χ2n) is 12.0. The molecule has 0 bridgehead atoms. The smallest absolute Gasteiger partial charge is 0.298 e. The predicted octanol–water partition coefficient (Wildman–Crippen LogP) is 3.92. The summed E-state index contributed by atoms with van der Waals surface area (Å²) in [4.78, 5) is 40.9. The van der Waals surface area contributed by atoms with Crippen molar-refractivity contribution in [3.8, 4) is 17.1 Å². The normalized spacial score (nSPS) is 23.7. The summed E-state index contributed by atoms with van der Waals surface area (Å²) in [5.74, 6) is 1.02. The highest BCUT2D eigenvalue weighted by Gasteiger charge is 2.39. The van der Waals surface area contributed by atoms with Gasteiger partial charge in [-0.25, -0.2) is 19.3 Å². The second kappa shape index (κ2) is 12.2. The van der Waals surface area contributed by atoms with Gasteiger partial charge in [-0.3, -0.25) is 14.2 Å². The largest absolute Gasteiger partial charge is 0.369 e. The zero-order valence-corrected chi connectivity index (χ0v) is 24.5. The van der Waals surface area contributed by atoms with E-state index in [1.54, 1.807) is 36.0 Å². The molecule has 3 atom stereocenters. The van der Waals surface area contributed by atoms with Crippen molar-refractivity contribution >= 4 is 11.7 Å². The predicted molar refractivity (Wildman–Crippen MR) is 165 cm³/mol. The zero-order valence-electron chi connectivity index (χ0n) is 24.5. The number of aromatic nitrogens is 4. The minimum atomic E-state index is -1.24. The molecule has 1 aromatic carbocycles. The number of nitrogens with one attached hydrogen (secondary N) is 1. The van der Waals surface area contributed by atoms with Crippen LogP contribution in [0.5, 0.6) is 0 Å². The highest BCUT2D eigenvalue weighted by atomic mass is 19.1. The molecular formula is C33H38FN7O2. The zero-order chi connectivity index (χ0) is 30.0. The molecule has 0 radical (unpaired) electrons. The first kappa shape index (κ1) is 28.9. The molecule has 2 aromatic heterocycles. The van der Waals surface area contributed by atoms with E-state index in [0.29, 0.717) is 62.4 Å². The number of carbonyl (C=O) groups excluding carboxylic acids is 1. The molecule has 3 N–H and O–H groups in total. The third kappa shape index (κ3) is 6.74. The van der Waals surface area contributed by atoms with E-state index in [4.69, 9.17) is 10.7 Å². The molecule has 3 heterocycles. The SMILES string of the molecule is CC1(F)C=CC([C@@H]2C[C@H]2NCCCc2cn(-c3ccc(-c4ncccn4)cc3)c(=O)c(N3CCC(C(N)=O)CC3)n2)=CC1. The van der Waals surface area contributed by atoms with E-state index in [0.717, 1.165) is 36.3 Å². The first-order valence-corrected chi connectivity index (χ1v) is 15.1. The van der Waals surface area contributed by atoms with Crippen molar-refractivity contribution in [1.82, 2.24) is 24.8 Å². The molecule has 1 saturated carbocycles. The Balaban J connectivity index is 1.16. The Labute approximate surface area is 250 Å². The fourth-order valence-electron chi connectivity index (χ4n) is 5.99. The Morgan fingerprint density at radius 1 is 1.16 bits per heavy atom. The van der Waals surface area contributed by atoms with Crippen LogP contribution in [0.2, 0.25) is 0 Å². The van der Waals surface area contributed by atoms with E-state index in [1.165, 1.54) is 5.57 Å². The highest BCUT2D eigenvalue weighted by Crippen LogP contribution is 2.41. The topological polar surface area (TPSA) is 119 Å². The highest BCUT2D eigenvalue weighted by molar-refractivity contribution is 5.77. The van der Waals surface area contributed by atoms with Crippen molar-refractivity contribution < 1.29 is 9.18 Å². The number of amides is 1. The summed E-state index contributed by atoms with van der Waals surface area (Å²) in [6.07, 6.45) is 15.2. The van der Waals surface area contributed by atoms with Crippen molar-refractivity contribution in [1.29, 1.82) is 0 Å². The van der Waals surface area contributed by atoms with Gasteiger partial charge in [0, 0.05) is 67.2 Å². The number of benzene rings is 1. The van der Waals surface area contributed by atoms with E-state index in [-0.39, 0.29) is 17.4 Å². The minimum absolute atomic E-state index is 0.173. The van der Waals surface area contributed by atoms with Gasteiger partial charge in [-0.05, 0) is 87.6 Å². The number of primary amides is 1. The second-order valence-corrected chi connectivity index (χ2v) is 12.0. The molecule has 3 aliphatic rings. The summed E-state index contributed by atoms with van der Waals surface area (Å²) >= 11 is 0. The number of carbonyl (C=O) groups is 1. The first-order valence-electron chi connectivity index (χ1n) is 15.1. The third-order valence-corrected chi connectivity index (χ3v) is 8.70. The fourth-order valence-corrected chi connectivity index (χ4v) is 5.99. The van der Waals surface area contributed by atoms with Crippen LogP contribution in [0, 0.1) is 11.8 Å². The Morgan fingerprint density at radius 3 is 2.58 bits per heavy atom. The van der Waals surface area contributed by atoms with Crippen LogP contribution >= 0.6 is 0 Å². The monoisotopic (exact) mass is 583 g/mol. The molecule has 43 heavy (non-hydrogen) atoms. The van der Waals surface area contributed by atoms with Gasteiger partial charge in [0.25, 0.3) is 5.56 Å². The number of nitrogens with zero attached hydrogens (tertiary/aromatic N) is 5. The Bertz CT molecular complexity index is 1570. The molecule has 3 aromatic rings. The molecule has 2 aliphatic carbocycles. The maximum absolute atomic E-state index is 14.1. The number of hydrogen-bond acceptors (Lipinski definition) is 7. The van der Waals surface area contributed by atoms with Gasteiger partial charge in [-0.2, -0.15) is 0 Å². The van der Waals surface area contributed by atoms with E-state index in [1.807, 2.05) is 47.5 Å². The summed E-state index contributed by atoms with van der Waals surface area (Å²) in [5, 5.41) is 3.64. The summed E-state index contributed by atoms with van der Waals surface area (Å²) < 4.78 is 15.7. The Morgan fingerprint density at radius 2 is 1.91 bits per heavy atom. The van der Waals surface area contributed by atoms with Crippen molar-refractivity contribution in [2.45, 2.75) is 57.2 Å². The Kier molecular flexibility index (Phi) is 8.21. The third-order valence-electron chi connectivity index (χ3n) is 8.70. The number of halogens is 1. The molecule has 224 valence electrons. The summed E-state index contributed by atoms with van der Waals surface area (Å²) in [6, 6.07) is 9.81. The number of rotatable bonds is 10. The molecule has 2 fully saturated rings. The van der Waals surface area contributed by atoms with Crippen LogP contribution in [0.4, 0.5) is 10.2 Å². The van der Waals surface area contributed by atoms with Crippen LogP contribution in [0.15, 0.2) is 77.5 Å². The average Bonchev–Trinajstić information content (AvgIpc) is 3.80. The van der Waals surface area contributed by atoms with Crippen molar-refractivity contribution in [2.24, 2.45) is 17.6 Å². The Hall–Kier alpha value is -4.18. The number of anilines is 1. The summed E-state index contributed by atoms with van der Waals surface area (Å²) in [6.45, 7) is 3.55. The maximum atomic E-state index is 14.1. The van der Waals surface area contributed by atoms with Crippen molar-refractivity contribution in [3.63, 3.8) is 0 Å². The van der Waals surface area contributed by atoms with Gasteiger partial charge in [-0.15, -0.1) is 0 Å². The lowest BCUT2D eigenvalue weighted by molar-refractivity contribution is -0.122. The van der Waals surface area contributed by atoms with Gasteiger partial charge in [0.05, 0.1) is 5.69 Å². The average molecular weight is 584 g/mol. The summed E-state index contributed by atoms with van der Waals surface area (Å²) in [7, 11) is 0. The van der Waals surface area contributed by atoms with Crippen LogP contribution in [0.1, 0.15) is 44.7 Å². The van der Waals surface area contributed by atoms with Gasteiger partial charge >= 0.3 is 0 Å². The molecule has 10 heteroatoms. The van der Waals surface area contributed by atoms with E-state index in [9.17, 15) is 14.0 Å². The minimum Gasteiger partial charge on any atom is -0.369 e. The quantitative estimate of drug-likeness (QED) is 0.347. The van der Waals surface area contributed by atoms with Crippen LogP contribution < -0.4 is 21.5 Å². The molecule has 1 saturated heterocycles. The van der Waals surface area contributed by atoms with Gasteiger partial charge in [0.15, 0.2) is 11.6 Å². The van der Waals surface area contributed by atoms with Gasteiger partial charge < -0.3 is 16.0 Å². The number of hydrogen-bond donors (Lipinski definition) is 2. The maximum Gasteiger partial charge on any atom is 0.298 e. The fraction of sp³-hybridized carbons (Fsp3) is 0.424. The molecule has 9 nitrogen and oxygen atoms in total. The number of nitrogens with two attached hydrogens (primary N) is 1. The van der Waals surface area contributed by atoms with Crippen molar-refractivity contribution in [2.75, 3.05) is 24.5 Å². The van der Waals surface area contributed by atoms with Crippen LogP contribution in [-0.4, -0.2) is 56.8 Å². The molecule has 1 unspecified atom stereocenters. The number of allylic oxidation sites excluding steroid dienone is 3. The first-order chi connectivity index (χ1) is 20.8. The molecular weight excluding hydrogens is 545 g/mol. The lowest BCUT2D eigenvalue weighted by Gasteiger charge is -2.31.